The van der Waals surface area contributed by atoms with E-state index < -0.39 is 5.97 Å². The smallest absolute Gasteiger partial charge is 0.304 e. The van der Waals surface area contributed by atoms with Crippen LogP contribution in [0.2, 0.25) is 0 Å². The molecule has 0 amide bonds. The predicted molar refractivity (Wildman–Crippen MR) is 85.4 cm³/mol. The Hall–Kier alpha value is -0.610. The molecule has 1 aliphatic carbocycles. The molecule has 2 N–H and O–H groups in total. The van der Waals surface area contributed by atoms with Crippen molar-refractivity contribution < 1.29 is 9.90 Å². The highest BCUT2D eigenvalue weighted by Crippen LogP contribution is 2.37. The Balaban J connectivity index is 1.78. The third kappa shape index (κ3) is 6.79. The molecule has 0 radical (unpaired) electrons. The maximum absolute atomic E-state index is 10.8. The Bertz CT molecular complexity index is 329. The van der Waals surface area contributed by atoms with E-state index in [1.807, 2.05) is 0 Å². The van der Waals surface area contributed by atoms with Crippen molar-refractivity contribution in [2.75, 3.05) is 26.2 Å². The molecule has 1 saturated carbocycles. The van der Waals surface area contributed by atoms with Gasteiger partial charge in [0, 0.05) is 25.7 Å². The van der Waals surface area contributed by atoms with Crippen molar-refractivity contribution >= 4 is 5.97 Å². The van der Waals surface area contributed by atoms with Crippen LogP contribution in [0.5, 0.6) is 0 Å². The summed E-state index contributed by atoms with van der Waals surface area (Å²) in [4.78, 5) is 13.2. The predicted octanol–water partition coefficient (Wildman–Crippen LogP) is 2.59. The van der Waals surface area contributed by atoms with Gasteiger partial charge in [-0.05, 0) is 43.6 Å². The topological polar surface area (TPSA) is 52.6 Å². The van der Waals surface area contributed by atoms with Crippen LogP contribution in [0.1, 0.15) is 52.4 Å². The Morgan fingerprint density at radius 3 is 2.67 bits per heavy atom. The Labute approximate surface area is 129 Å². The van der Waals surface area contributed by atoms with Crippen molar-refractivity contribution in [3.05, 3.63) is 0 Å². The van der Waals surface area contributed by atoms with Gasteiger partial charge < -0.3 is 15.3 Å². The number of piperidine rings is 1. The number of carbonyl (C=O) groups is 1. The summed E-state index contributed by atoms with van der Waals surface area (Å²) in [6.07, 6.45) is 6.95. The van der Waals surface area contributed by atoms with Gasteiger partial charge in [-0.2, -0.15) is 0 Å². The van der Waals surface area contributed by atoms with E-state index in [-0.39, 0.29) is 6.42 Å². The maximum atomic E-state index is 10.8. The van der Waals surface area contributed by atoms with E-state index in [0.717, 1.165) is 37.4 Å². The number of nitrogens with zero attached hydrogens (tertiary/aromatic N) is 1. The van der Waals surface area contributed by atoms with Gasteiger partial charge in [0.15, 0.2) is 0 Å². The van der Waals surface area contributed by atoms with Crippen LogP contribution in [0.4, 0.5) is 0 Å². The third-order valence-electron chi connectivity index (χ3n) is 4.77. The van der Waals surface area contributed by atoms with Crippen molar-refractivity contribution in [3.8, 4) is 0 Å². The van der Waals surface area contributed by atoms with Gasteiger partial charge in [0.25, 0.3) is 0 Å². The first-order valence-corrected chi connectivity index (χ1v) is 8.70. The zero-order valence-corrected chi connectivity index (χ0v) is 13.7. The van der Waals surface area contributed by atoms with Crippen LogP contribution in [-0.4, -0.2) is 48.2 Å². The third-order valence-corrected chi connectivity index (χ3v) is 4.77. The molecule has 0 aromatic carbocycles. The Morgan fingerprint density at radius 2 is 2.05 bits per heavy atom. The van der Waals surface area contributed by atoms with Crippen LogP contribution in [0.3, 0.4) is 0 Å². The minimum absolute atomic E-state index is 0.273. The fourth-order valence-corrected chi connectivity index (χ4v) is 3.46. The van der Waals surface area contributed by atoms with Crippen LogP contribution >= 0.6 is 0 Å². The van der Waals surface area contributed by atoms with Crippen molar-refractivity contribution in [1.82, 2.24) is 10.2 Å². The van der Waals surface area contributed by atoms with E-state index in [2.05, 4.69) is 24.1 Å². The van der Waals surface area contributed by atoms with Crippen LogP contribution < -0.4 is 5.32 Å². The van der Waals surface area contributed by atoms with Gasteiger partial charge in [-0.25, -0.2) is 0 Å². The largest absolute Gasteiger partial charge is 0.481 e. The molecule has 1 heterocycles. The molecular weight excluding hydrogens is 264 g/mol. The highest BCUT2D eigenvalue weighted by Gasteiger charge is 2.31. The Kier molecular flexibility index (Phi) is 6.49. The molecule has 4 nitrogen and oxygen atoms in total. The molecule has 2 aliphatic rings. The number of carboxylic acid groups (broad SMARTS) is 1. The van der Waals surface area contributed by atoms with E-state index in [4.69, 9.17) is 5.11 Å². The van der Waals surface area contributed by atoms with E-state index in [9.17, 15) is 4.79 Å². The molecule has 0 bridgehead atoms. The first-order chi connectivity index (χ1) is 10.0. The van der Waals surface area contributed by atoms with Gasteiger partial charge in [-0.15, -0.1) is 0 Å². The van der Waals surface area contributed by atoms with E-state index in [1.165, 1.54) is 32.1 Å². The lowest BCUT2D eigenvalue weighted by Gasteiger charge is -2.38. The molecule has 1 saturated heterocycles. The van der Waals surface area contributed by atoms with Crippen LogP contribution in [0.25, 0.3) is 0 Å². The number of aliphatic carboxylic acids is 1. The fourth-order valence-electron chi connectivity index (χ4n) is 3.46. The number of nitrogens with one attached hydrogen (secondary N) is 1. The fraction of sp³-hybridized carbons (Fsp3) is 0.941. The van der Waals surface area contributed by atoms with E-state index in [1.54, 1.807) is 0 Å². The molecule has 1 aliphatic heterocycles. The monoisotopic (exact) mass is 296 g/mol. The summed E-state index contributed by atoms with van der Waals surface area (Å²) in [5, 5.41) is 12.6. The van der Waals surface area contributed by atoms with Gasteiger partial charge in [-0.3, -0.25) is 4.79 Å². The minimum Gasteiger partial charge on any atom is -0.481 e. The summed E-state index contributed by atoms with van der Waals surface area (Å²) in [6.45, 7) is 8.44. The van der Waals surface area contributed by atoms with Crippen LogP contribution in [0.15, 0.2) is 0 Å². The molecule has 0 aromatic heterocycles. The van der Waals surface area contributed by atoms with Crippen molar-refractivity contribution in [3.63, 3.8) is 0 Å². The van der Waals surface area contributed by atoms with Gasteiger partial charge in [0.2, 0.25) is 0 Å². The Morgan fingerprint density at radius 1 is 1.29 bits per heavy atom. The summed E-state index contributed by atoms with van der Waals surface area (Å²) >= 11 is 0. The average Bonchev–Trinajstić information content (AvgIpc) is 3.19. The molecule has 2 unspecified atom stereocenters. The second-order valence-corrected chi connectivity index (χ2v) is 7.52. The zero-order valence-electron chi connectivity index (χ0n) is 13.7. The summed E-state index contributed by atoms with van der Waals surface area (Å²) in [6, 6.07) is 0.551. The lowest BCUT2D eigenvalue weighted by Crippen LogP contribution is -2.50. The summed E-state index contributed by atoms with van der Waals surface area (Å²) in [7, 11) is 0. The molecule has 21 heavy (non-hydrogen) atoms. The lowest BCUT2D eigenvalue weighted by molar-refractivity contribution is -0.137. The summed E-state index contributed by atoms with van der Waals surface area (Å²) < 4.78 is 0. The highest BCUT2D eigenvalue weighted by atomic mass is 16.4. The summed E-state index contributed by atoms with van der Waals surface area (Å²) in [5.41, 5.74) is 0. The van der Waals surface area contributed by atoms with Crippen molar-refractivity contribution in [2.24, 2.45) is 17.8 Å². The van der Waals surface area contributed by atoms with Crippen LogP contribution in [-0.2, 0) is 4.79 Å². The summed E-state index contributed by atoms with van der Waals surface area (Å²) in [5.74, 6) is 1.79. The second-order valence-electron chi connectivity index (χ2n) is 7.52. The number of hydrogen-bond acceptors (Lipinski definition) is 3. The van der Waals surface area contributed by atoms with Crippen molar-refractivity contribution in [2.45, 2.75) is 58.4 Å². The molecule has 0 aromatic rings. The molecule has 0 spiro atoms. The standard InChI is InChI=1S/C17H32N2O2/c1-13(2)5-7-18-16-10-15(9-14-3-4-14)11-19(12-16)8-6-17(20)21/h13-16,18H,3-12H2,1-2H3,(H,20,21). The van der Waals surface area contributed by atoms with Crippen molar-refractivity contribution in [1.29, 1.82) is 0 Å². The lowest BCUT2D eigenvalue weighted by atomic mass is 9.89. The molecule has 4 heteroatoms. The van der Waals surface area contributed by atoms with Crippen LogP contribution in [0, 0.1) is 17.8 Å². The zero-order chi connectivity index (χ0) is 15.2. The normalized spacial score (nSPS) is 27.2. The van der Waals surface area contributed by atoms with Gasteiger partial charge >= 0.3 is 5.97 Å². The first-order valence-electron chi connectivity index (χ1n) is 8.70. The van der Waals surface area contributed by atoms with E-state index >= 15 is 0 Å². The SMILES string of the molecule is CC(C)CCNC1CC(CC2CC2)CN(CCC(=O)O)C1. The second kappa shape index (κ2) is 8.14. The number of likely N-dealkylation sites (tertiary alicyclic amines) is 1. The van der Waals surface area contributed by atoms with Gasteiger partial charge in [-0.1, -0.05) is 26.7 Å². The minimum atomic E-state index is -0.677. The average molecular weight is 296 g/mol. The molecular formula is C17H32N2O2. The van der Waals surface area contributed by atoms with Gasteiger partial charge in [0.05, 0.1) is 6.42 Å². The number of hydrogen-bond donors (Lipinski definition) is 2. The maximum Gasteiger partial charge on any atom is 0.304 e. The van der Waals surface area contributed by atoms with E-state index in [0.29, 0.717) is 12.6 Å². The molecule has 2 atom stereocenters. The number of carboxylic acids is 1. The molecule has 122 valence electrons. The quantitative estimate of drug-likeness (QED) is 0.687. The highest BCUT2D eigenvalue weighted by molar-refractivity contribution is 5.66. The molecule has 2 rings (SSSR count). The first kappa shape index (κ1) is 16.8. The molecule has 2 fully saturated rings. The number of rotatable bonds is 9. The van der Waals surface area contributed by atoms with Gasteiger partial charge in [0.1, 0.15) is 0 Å².